The second kappa shape index (κ2) is 11.0. The Balaban J connectivity index is 2.17. The Morgan fingerprint density at radius 1 is 0.811 bits per heavy atom. The zero-order valence-corrected chi connectivity index (χ0v) is 27.1. The van der Waals surface area contributed by atoms with Crippen LogP contribution in [0.4, 0.5) is 0 Å². The molecule has 0 radical (unpaired) electrons. The molecule has 0 aromatic heterocycles. The van der Waals surface area contributed by atoms with Crippen LogP contribution in [0, 0.1) is 11.3 Å². The van der Waals surface area contributed by atoms with Crippen molar-refractivity contribution in [1.82, 2.24) is 8.61 Å². The minimum atomic E-state index is -3.58. The first-order chi connectivity index (χ1) is 16.5. The molecule has 7 nitrogen and oxygen atoms in total. The first-order valence-electron chi connectivity index (χ1n) is 14.2. The molecule has 2 atom stereocenters. The van der Waals surface area contributed by atoms with Crippen LogP contribution in [0.1, 0.15) is 128 Å². The van der Waals surface area contributed by atoms with Crippen LogP contribution in [-0.2, 0) is 20.0 Å². The molecular weight excluding hydrogens is 508 g/mol. The molecule has 9 heteroatoms. The monoisotopic (exact) mass is 564 g/mol. The summed E-state index contributed by atoms with van der Waals surface area (Å²) in [5.74, 6) is 0.0694. The third-order valence-electron chi connectivity index (χ3n) is 7.84. The lowest BCUT2D eigenvalue weighted by molar-refractivity contribution is 0.144. The third kappa shape index (κ3) is 7.92. The minimum absolute atomic E-state index is 0.00491. The predicted octanol–water partition coefficient (Wildman–Crippen LogP) is 5.53. The van der Waals surface area contributed by atoms with Gasteiger partial charge < -0.3 is 5.11 Å². The molecule has 0 aliphatic heterocycles. The SMILES string of the molecule is CC(CCC(C)(C)S(=O)(=O)N(C1CC1)C(C)(C)CC(C)(C)C)C[C@@H](CO)N(C1CC1)S(=O)(=O)C(C)(C)C. The molecule has 2 fully saturated rings. The van der Waals surface area contributed by atoms with Crippen LogP contribution >= 0.6 is 0 Å². The summed E-state index contributed by atoms with van der Waals surface area (Å²) >= 11 is 0. The van der Waals surface area contributed by atoms with E-state index in [9.17, 15) is 21.9 Å². The number of hydrogen-bond acceptors (Lipinski definition) is 5. The van der Waals surface area contributed by atoms with Gasteiger partial charge >= 0.3 is 0 Å². The highest BCUT2D eigenvalue weighted by atomic mass is 32.2. The topological polar surface area (TPSA) is 95.0 Å². The van der Waals surface area contributed by atoms with E-state index in [2.05, 4.69) is 34.6 Å². The highest BCUT2D eigenvalue weighted by molar-refractivity contribution is 7.90. The Hall–Kier alpha value is -0.220. The molecule has 2 aliphatic rings. The summed E-state index contributed by atoms with van der Waals surface area (Å²) in [6.07, 6.45) is 5.90. The number of rotatable bonds is 14. The Morgan fingerprint density at radius 2 is 1.30 bits per heavy atom. The van der Waals surface area contributed by atoms with Gasteiger partial charge in [0.2, 0.25) is 20.0 Å². The molecule has 2 aliphatic carbocycles. The van der Waals surface area contributed by atoms with Crippen molar-refractivity contribution in [1.29, 1.82) is 0 Å². The van der Waals surface area contributed by atoms with Crippen LogP contribution in [0.15, 0.2) is 0 Å². The molecule has 0 aromatic rings. The van der Waals surface area contributed by atoms with E-state index in [0.717, 1.165) is 32.1 Å². The van der Waals surface area contributed by atoms with E-state index in [1.54, 1.807) is 25.1 Å². The van der Waals surface area contributed by atoms with Crippen LogP contribution in [0.5, 0.6) is 0 Å². The average Bonchev–Trinajstić information content (AvgIpc) is 3.58. The van der Waals surface area contributed by atoms with E-state index < -0.39 is 41.1 Å². The highest BCUT2D eigenvalue weighted by Gasteiger charge is 2.52. The van der Waals surface area contributed by atoms with Gasteiger partial charge in [0.25, 0.3) is 0 Å². The van der Waals surface area contributed by atoms with Gasteiger partial charge in [-0.3, -0.25) is 0 Å². The number of nitrogens with zero attached hydrogens (tertiary/aromatic N) is 2. The first kappa shape index (κ1) is 33.0. The van der Waals surface area contributed by atoms with Gasteiger partial charge in [-0.2, -0.15) is 8.61 Å². The summed E-state index contributed by atoms with van der Waals surface area (Å²) in [4.78, 5) is 0. The van der Waals surface area contributed by atoms with Gasteiger partial charge in [0, 0.05) is 23.7 Å². The van der Waals surface area contributed by atoms with E-state index in [-0.39, 0.29) is 30.0 Å². The van der Waals surface area contributed by atoms with Crippen molar-refractivity contribution >= 4 is 20.0 Å². The van der Waals surface area contributed by atoms with Crippen molar-refractivity contribution in [3.63, 3.8) is 0 Å². The molecule has 0 spiro atoms. The van der Waals surface area contributed by atoms with E-state index in [0.29, 0.717) is 19.3 Å². The maximum Gasteiger partial charge on any atom is 0.220 e. The van der Waals surface area contributed by atoms with Gasteiger partial charge in [-0.15, -0.1) is 0 Å². The Bertz CT molecular complexity index is 983. The number of sulfonamides is 2. The maximum atomic E-state index is 14.1. The molecule has 1 unspecified atom stereocenters. The first-order valence-corrected chi connectivity index (χ1v) is 17.0. The largest absolute Gasteiger partial charge is 0.395 e. The quantitative estimate of drug-likeness (QED) is 0.299. The molecule has 220 valence electrons. The number of aliphatic hydroxyl groups excluding tert-OH is 1. The number of aliphatic hydroxyl groups is 1. The summed E-state index contributed by atoms with van der Waals surface area (Å²) in [6, 6.07) is -0.449. The van der Waals surface area contributed by atoms with Gasteiger partial charge in [-0.1, -0.05) is 27.7 Å². The van der Waals surface area contributed by atoms with Crippen molar-refractivity contribution in [2.75, 3.05) is 6.61 Å². The van der Waals surface area contributed by atoms with Crippen LogP contribution in [-0.4, -0.2) is 70.3 Å². The maximum absolute atomic E-state index is 14.1. The second-order valence-corrected chi connectivity index (χ2v) is 20.3. The van der Waals surface area contributed by atoms with Gasteiger partial charge in [-0.05, 0) is 111 Å². The molecule has 1 N–H and O–H groups in total. The molecule has 0 saturated heterocycles. The van der Waals surface area contributed by atoms with Crippen LogP contribution in [0.3, 0.4) is 0 Å². The van der Waals surface area contributed by atoms with E-state index in [1.165, 1.54) is 0 Å². The summed E-state index contributed by atoms with van der Waals surface area (Å²) in [5, 5.41) is 10.2. The predicted molar refractivity (Wildman–Crippen MR) is 153 cm³/mol. The fourth-order valence-corrected chi connectivity index (χ4v) is 9.87. The van der Waals surface area contributed by atoms with Gasteiger partial charge in [0.15, 0.2) is 0 Å². The van der Waals surface area contributed by atoms with Gasteiger partial charge in [0.1, 0.15) is 0 Å². The lowest BCUT2D eigenvalue weighted by atomic mass is 9.81. The molecule has 2 saturated carbocycles. The van der Waals surface area contributed by atoms with Crippen molar-refractivity contribution in [2.24, 2.45) is 11.3 Å². The zero-order valence-electron chi connectivity index (χ0n) is 25.5. The molecule has 37 heavy (non-hydrogen) atoms. The lowest BCUT2D eigenvalue weighted by Gasteiger charge is -2.45. The summed E-state index contributed by atoms with van der Waals surface area (Å²) < 4.78 is 56.4. The zero-order chi connectivity index (χ0) is 28.8. The number of hydrogen-bond donors (Lipinski definition) is 1. The Morgan fingerprint density at radius 3 is 1.68 bits per heavy atom. The highest BCUT2D eigenvalue weighted by Crippen LogP contribution is 2.45. The fraction of sp³-hybridized carbons (Fsp3) is 1.00. The Labute approximate surface area is 228 Å². The lowest BCUT2D eigenvalue weighted by Crippen LogP contribution is -2.56. The van der Waals surface area contributed by atoms with E-state index in [1.807, 2.05) is 25.1 Å². The third-order valence-corrected chi connectivity index (χ3v) is 13.4. The standard InChI is InChI=1S/C28H56N2O5S2/c1-21(18-24(19-31)29(22-12-13-22)36(32,33)26(5,6)7)16-17-28(10,11)37(34,35)30(23-14-15-23)27(8,9)20-25(2,3)4/h21-24,31H,12-20H2,1-11H3/t21?,24-/m0/s1. The molecular formula is C28H56N2O5S2. The van der Waals surface area contributed by atoms with Gasteiger partial charge in [0.05, 0.1) is 16.1 Å². The smallest absolute Gasteiger partial charge is 0.220 e. The van der Waals surface area contributed by atoms with E-state index in [4.69, 9.17) is 0 Å². The average molecular weight is 565 g/mol. The minimum Gasteiger partial charge on any atom is -0.395 e. The molecule has 0 aromatic carbocycles. The van der Waals surface area contributed by atoms with E-state index >= 15 is 0 Å². The normalized spacial score (nSPS) is 20.5. The Kier molecular flexibility index (Phi) is 9.79. The molecule has 0 bridgehead atoms. The van der Waals surface area contributed by atoms with Crippen LogP contribution in [0.25, 0.3) is 0 Å². The molecule has 2 rings (SSSR count). The summed E-state index contributed by atoms with van der Waals surface area (Å²) in [5.41, 5.74) is -0.472. The van der Waals surface area contributed by atoms with Crippen LogP contribution in [0.2, 0.25) is 0 Å². The molecule has 0 amide bonds. The fourth-order valence-electron chi connectivity index (χ4n) is 5.87. The van der Waals surface area contributed by atoms with Gasteiger partial charge in [-0.25, -0.2) is 16.8 Å². The summed E-state index contributed by atoms with van der Waals surface area (Å²) in [7, 11) is -7.16. The van der Waals surface area contributed by atoms with Crippen molar-refractivity contribution in [3.05, 3.63) is 0 Å². The van der Waals surface area contributed by atoms with Crippen molar-refractivity contribution in [3.8, 4) is 0 Å². The van der Waals surface area contributed by atoms with Crippen molar-refractivity contribution < 1.29 is 21.9 Å². The molecule has 0 heterocycles. The summed E-state index contributed by atoms with van der Waals surface area (Å²) in [6.45, 7) is 21.2. The second-order valence-electron chi connectivity index (χ2n) is 15.2. The van der Waals surface area contributed by atoms with Crippen LogP contribution < -0.4 is 0 Å². The van der Waals surface area contributed by atoms with Crippen molar-refractivity contribution in [2.45, 2.75) is 161 Å².